The average molecular weight is 248 g/mol. The van der Waals surface area contributed by atoms with Crippen LogP contribution in [0.15, 0.2) is 30.5 Å². The first-order valence-electron chi connectivity index (χ1n) is 5.54. The van der Waals surface area contributed by atoms with Crippen molar-refractivity contribution in [3.63, 3.8) is 0 Å². The van der Waals surface area contributed by atoms with E-state index in [1.165, 1.54) is 4.88 Å². The normalized spacial score (nSPS) is 12.4. The van der Waals surface area contributed by atoms with E-state index in [9.17, 15) is 0 Å². The van der Waals surface area contributed by atoms with E-state index in [0.717, 1.165) is 16.3 Å². The number of aromatic nitrogens is 1. The van der Waals surface area contributed by atoms with Gasteiger partial charge in [0, 0.05) is 22.6 Å². The zero-order valence-electron chi connectivity index (χ0n) is 10.0. The Morgan fingerprint density at radius 1 is 1.35 bits per heavy atom. The van der Waals surface area contributed by atoms with Crippen molar-refractivity contribution in [3.8, 4) is 16.3 Å². The van der Waals surface area contributed by atoms with Crippen LogP contribution >= 0.6 is 11.3 Å². The van der Waals surface area contributed by atoms with Crippen LogP contribution in [0.3, 0.4) is 0 Å². The summed E-state index contributed by atoms with van der Waals surface area (Å²) < 4.78 is 5.13. The predicted octanol–water partition coefficient (Wildman–Crippen LogP) is 2.88. The number of hydrogen-bond donors (Lipinski definition) is 1. The number of nitrogens with two attached hydrogens (primary N) is 1. The highest BCUT2D eigenvalue weighted by Crippen LogP contribution is 2.30. The summed E-state index contributed by atoms with van der Waals surface area (Å²) in [5.74, 6) is 1.24. The number of rotatable bonds is 4. The molecule has 0 aliphatic heterocycles. The molecule has 0 fully saturated rings. The first kappa shape index (κ1) is 12.1. The Bertz CT molecular complexity index is 478. The molecule has 0 saturated heterocycles. The van der Waals surface area contributed by atoms with E-state index in [1.54, 1.807) is 18.4 Å². The number of methoxy groups -OCH3 is 1. The second-order valence-corrected chi connectivity index (χ2v) is 5.00. The Balaban J connectivity index is 2.24. The minimum absolute atomic E-state index is 0.375. The van der Waals surface area contributed by atoms with Gasteiger partial charge in [-0.05, 0) is 30.8 Å². The summed E-state index contributed by atoms with van der Waals surface area (Å²) in [4.78, 5) is 5.67. The van der Waals surface area contributed by atoms with Gasteiger partial charge in [0.25, 0.3) is 0 Å². The lowest BCUT2D eigenvalue weighted by molar-refractivity contribution is 0.415. The fraction of sp³-hybridized carbons (Fsp3) is 0.308. The molecule has 2 rings (SSSR count). The first-order valence-corrected chi connectivity index (χ1v) is 6.36. The second kappa shape index (κ2) is 5.29. The van der Waals surface area contributed by atoms with Crippen molar-refractivity contribution in [1.82, 2.24) is 4.98 Å². The third-order valence-corrected chi connectivity index (χ3v) is 3.98. The third kappa shape index (κ3) is 2.65. The average Bonchev–Trinajstić information content (AvgIpc) is 2.87. The quantitative estimate of drug-likeness (QED) is 0.905. The van der Waals surface area contributed by atoms with Gasteiger partial charge < -0.3 is 10.5 Å². The summed E-state index contributed by atoms with van der Waals surface area (Å²) in [6.45, 7) is 2.77. The molecule has 0 amide bonds. The van der Waals surface area contributed by atoms with E-state index in [0.29, 0.717) is 12.5 Å². The zero-order chi connectivity index (χ0) is 12.3. The molecule has 0 aliphatic rings. The molecule has 0 spiro atoms. The van der Waals surface area contributed by atoms with E-state index < -0.39 is 0 Å². The Kier molecular flexibility index (Phi) is 3.76. The molecule has 3 nitrogen and oxygen atoms in total. The minimum Gasteiger partial charge on any atom is -0.497 e. The highest BCUT2D eigenvalue weighted by Gasteiger charge is 2.09. The maximum absolute atomic E-state index is 5.65. The highest BCUT2D eigenvalue weighted by molar-refractivity contribution is 7.15. The van der Waals surface area contributed by atoms with Crippen LogP contribution in [-0.4, -0.2) is 18.6 Å². The maximum atomic E-state index is 5.65. The second-order valence-electron chi connectivity index (χ2n) is 3.93. The van der Waals surface area contributed by atoms with Crippen LogP contribution in [0.2, 0.25) is 0 Å². The van der Waals surface area contributed by atoms with Crippen LogP contribution in [0, 0.1) is 0 Å². The van der Waals surface area contributed by atoms with Crippen molar-refractivity contribution in [1.29, 1.82) is 0 Å². The van der Waals surface area contributed by atoms with Crippen LogP contribution in [0.4, 0.5) is 0 Å². The summed E-state index contributed by atoms with van der Waals surface area (Å²) in [5.41, 5.74) is 6.77. The molecule has 1 unspecified atom stereocenters. The largest absolute Gasteiger partial charge is 0.497 e. The monoisotopic (exact) mass is 248 g/mol. The molecule has 0 radical (unpaired) electrons. The Labute approximate surface area is 105 Å². The van der Waals surface area contributed by atoms with E-state index in [2.05, 4.69) is 11.9 Å². The predicted molar refractivity (Wildman–Crippen MR) is 71.6 cm³/mol. The van der Waals surface area contributed by atoms with Gasteiger partial charge in [-0.25, -0.2) is 4.98 Å². The van der Waals surface area contributed by atoms with Gasteiger partial charge in [-0.3, -0.25) is 0 Å². The number of hydrogen-bond acceptors (Lipinski definition) is 4. The molecule has 0 saturated carbocycles. The summed E-state index contributed by atoms with van der Waals surface area (Å²) >= 11 is 1.70. The Morgan fingerprint density at radius 3 is 2.65 bits per heavy atom. The molecule has 2 aromatic rings. The van der Waals surface area contributed by atoms with Crippen molar-refractivity contribution in [3.05, 3.63) is 35.3 Å². The van der Waals surface area contributed by atoms with E-state index in [-0.39, 0.29) is 0 Å². The number of nitrogens with zero attached hydrogens (tertiary/aromatic N) is 1. The summed E-state index contributed by atoms with van der Waals surface area (Å²) in [6, 6.07) is 7.94. The lowest BCUT2D eigenvalue weighted by Crippen LogP contribution is -2.07. The standard InChI is InChI=1S/C13H16N2OS/c1-9(7-14)12-8-15-13(17-12)10-3-5-11(16-2)6-4-10/h3-6,8-9H,7,14H2,1-2H3. The number of thiazole rings is 1. The first-order chi connectivity index (χ1) is 8.24. The maximum Gasteiger partial charge on any atom is 0.123 e. The molecule has 1 aromatic carbocycles. The lowest BCUT2D eigenvalue weighted by Gasteiger charge is -2.02. The molecule has 1 heterocycles. The minimum atomic E-state index is 0.375. The van der Waals surface area contributed by atoms with Gasteiger partial charge in [-0.1, -0.05) is 6.92 Å². The smallest absolute Gasteiger partial charge is 0.123 e. The lowest BCUT2D eigenvalue weighted by atomic mass is 10.2. The van der Waals surface area contributed by atoms with Crippen LogP contribution in [-0.2, 0) is 0 Å². The van der Waals surface area contributed by atoms with E-state index in [1.807, 2.05) is 30.5 Å². The van der Waals surface area contributed by atoms with Crippen molar-refractivity contribution in [2.75, 3.05) is 13.7 Å². The third-order valence-electron chi connectivity index (χ3n) is 2.70. The molecule has 1 aromatic heterocycles. The summed E-state index contributed by atoms with van der Waals surface area (Å²) in [5, 5.41) is 1.03. The van der Waals surface area contributed by atoms with Gasteiger partial charge in [0.1, 0.15) is 10.8 Å². The fourth-order valence-electron chi connectivity index (χ4n) is 1.50. The number of ether oxygens (including phenoxy) is 1. The zero-order valence-corrected chi connectivity index (χ0v) is 10.8. The van der Waals surface area contributed by atoms with Crippen LogP contribution < -0.4 is 10.5 Å². The van der Waals surface area contributed by atoms with Gasteiger partial charge in [0.15, 0.2) is 0 Å². The van der Waals surface area contributed by atoms with Crippen molar-refractivity contribution < 1.29 is 4.74 Å². The number of benzene rings is 1. The van der Waals surface area contributed by atoms with Crippen LogP contribution in [0.5, 0.6) is 5.75 Å². The summed E-state index contributed by atoms with van der Waals surface area (Å²) in [6.07, 6.45) is 1.92. The van der Waals surface area contributed by atoms with Crippen molar-refractivity contribution in [2.24, 2.45) is 5.73 Å². The molecule has 4 heteroatoms. The van der Waals surface area contributed by atoms with Gasteiger partial charge in [0.2, 0.25) is 0 Å². The van der Waals surface area contributed by atoms with Crippen LogP contribution in [0.1, 0.15) is 17.7 Å². The topological polar surface area (TPSA) is 48.1 Å². The molecular weight excluding hydrogens is 232 g/mol. The van der Waals surface area contributed by atoms with E-state index in [4.69, 9.17) is 10.5 Å². The molecule has 0 aliphatic carbocycles. The van der Waals surface area contributed by atoms with Gasteiger partial charge in [-0.15, -0.1) is 11.3 Å². The molecule has 0 bridgehead atoms. The van der Waals surface area contributed by atoms with E-state index >= 15 is 0 Å². The van der Waals surface area contributed by atoms with Gasteiger partial charge in [-0.2, -0.15) is 0 Å². The molecule has 17 heavy (non-hydrogen) atoms. The fourth-order valence-corrected chi connectivity index (χ4v) is 2.48. The Hall–Kier alpha value is -1.39. The Morgan fingerprint density at radius 2 is 2.06 bits per heavy atom. The van der Waals surface area contributed by atoms with Gasteiger partial charge in [0.05, 0.1) is 7.11 Å². The van der Waals surface area contributed by atoms with Crippen LogP contribution in [0.25, 0.3) is 10.6 Å². The SMILES string of the molecule is COc1ccc(-c2ncc(C(C)CN)s2)cc1. The summed E-state index contributed by atoms with van der Waals surface area (Å²) in [7, 11) is 1.67. The highest BCUT2D eigenvalue weighted by atomic mass is 32.1. The van der Waals surface area contributed by atoms with Crippen molar-refractivity contribution >= 4 is 11.3 Å². The molecular formula is C13H16N2OS. The molecule has 2 N–H and O–H groups in total. The van der Waals surface area contributed by atoms with Crippen molar-refractivity contribution in [2.45, 2.75) is 12.8 Å². The van der Waals surface area contributed by atoms with Gasteiger partial charge >= 0.3 is 0 Å². The molecule has 90 valence electrons. The molecule has 1 atom stereocenters.